The van der Waals surface area contributed by atoms with E-state index in [4.69, 9.17) is 11.6 Å². The first-order valence-electron chi connectivity index (χ1n) is 10.1. The van der Waals surface area contributed by atoms with Gasteiger partial charge in [0.15, 0.2) is 0 Å². The van der Waals surface area contributed by atoms with Gasteiger partial charge in [-0.25, -0.2) is 0 Å². The highest BCUT2D eigenvalue weighted by atomic mass is 79.9. The van der Waals surface area contributed by atoms with Gasteiger partial charge in [-0.2, -0.15) is 0 Å². The SMILES string of the molecule is Cc1cc(Br)ccc1NC(=O)CN(C)C(=O)C1CCN(C(=O)c2ccc(Cl)cc2)CC1. The van der Waals surface area contributed by atoms with E-state index in [-0.39, 0.29) is 30.2 Å². The Morgan fingerprint density at radius 3 is 2.39 bits per heavy atom. The van der Waals surface area contributed by atoms with E-state index in [0.717, 1.165) is 15.7 Å². The maximum Gasteiger partial charge on any atom is 0.253 e. The molecule has 0 aromatic heterocycles. The lowest BCUT2D eigenvalue weighted by atomic mass is 9.95. The van der Waals surface area contributed by atoms with Crippen molar-refractivity contribution in [3.63, 3.8) is 0 Å². The van der Waals surface area contributed by atoms with Crippen LogP contribution in [-0.2, 0) is 9.59 Å². The van der Waals surface area contributed by atoms with E-state index in [1.165, 1.54) is 4.90 Å². The molecule has 2 aromatic carbocycles. The maximum absolute atomic E-state index is 12.8. The number of hydrogen-bond donors (Lipinski definition) is 1. The van der Waals surface area contributed by atoms with Gasteiger partial charge >= 0.3 is 0 Å². The van der Waals surface area contributed by atoms with Crippen molar-refractivity contribution in [3.05, 3.63) is 63.1 Å². The highest BCUT2D eigenvalue weighted by Gasteiger charge is 2.30. The summed E-state index contributed by atoms with van der Waals surface area (Å²) in [5.41, 5.74) is 2.25. The Kier molecular flexibility index (Phi) is 7.73. The lowest BCUT2D eigenvalue weighted by Crippen LogP contribution is -2.45. The third-order valence-electron chi connectivity index (χ3n) is 5.44. The molecule has 8 heteroatoms. The van der Waals surface area contributed by atoms with Crippen LogP contribution in [0.15, 0.2) is 46.9 Å². The van der Waals surface area contributed by atoms with Crippen molar-refractivity contribution in [2.24, 2.45) is 5.92 Å². The molecule has 6 nitrogen and oxygen atoms in total. The molecule has 31 heavy (non-hydrogen) atoms. The fourth-order valence-electron chi connectivity index (χ4n) is 3.67. The molecule has 164 valence electrons. The molecule has 1 heterocycles. The van der Waals surface area contributed by atoms with E-state index in [0.29, 0.717) is 36.5 Å². The van der Waals surface area contributed by atoms with Crippen LogP contribution in [0.1, 0.15) is 28.8 Å². The lowest BCUT2D eigenvalue weighted by molar-refractivity contribution is -0.138. The van der Waals surface area contributed by atoms with E-state index in [1.54, 1.807) is 36.2 Å². The standard InChI is InChI=1S/C23H25BrClN3O3/c1-15-13-18(24)5-8-20(15)26-21(29)14-27(2)22(30)17-9-11-28(12-10-17)23(31)16-3-6-19(25)7-4-16/h3-8,13,17H,9-12,14H2,1-2H3,(H,26,29). The Balaban J connectivity index is 1.49. The van der Waals surface area contributed by atoms with Crippen LogP contribution >= 0.6 is 27.5 Å². The summed E-state index contributed by atoms with van der Waals surface area (Å²) >= 11 is 9.28. The zero-order chi connectivity index (χ0) is 22.5. The molecule has 0 bridgehead atoms. The van der Waals surface area contributed by atoms with Crippen LogP contribution in [0.5, 0.6) is 0 Å². The van der Waals surface area contributed by atoms with E-state index in [1.807, 2.05) is 25.1 Å². The summed E-state index contributed by atoms with van der Waals surface area (Å²) in [6.45, 7) is 2.92. The molecule has 1 fully saturated rings. The molecule has 1 N–H and O–H groups in total. The fourth-order valence-corrected chi connectivity index (χ4v) is 4.27. The van der Waals surface area contributed by atoms with Crippen molar-refractivity contribution < 1.29 is 14.4 Å². The summed E-state index contributed by atoms with van der Waals surface area (Å²) in [5, 5.41) is 3.44. The van der Waals surface area contributed by atoms with Gasteiger partial charge in [0.1, 0.15) is 0 Å². The second-order valence-electron chi connectivity index (χ2n) is 7.78. The molecule has 2 aromatic rings. The Hall–Kier alpha value is -2.38. The molecule has 1 aliphatic rings. The summed E-state index contributed by atoms with van der Waals surface area (Å²) in [4.78, 5) is 41.0. The maximum atomic E-state index is 12.8. The van der Waals surface area contributed by atoms with Gasteiger partial charge in [0.05, 0.1) is 6.54 Å². The molecule has 0 saturated carbocycles. The summed E-state index contributed by atoms with van der Waals surface area (Å²) < 4.78 is 0.941. The Bertz CT molecular complexity index is 973. The Labute approximate surface area is 195 Å². The van der Waals surface area contributed by atoms with Gasteiger partial charge in [-0.3, -0.25) is 14.4 Å². The van der Waals surface area contributed by atoms with Gasteiger partial charge in [0, 0.05) is 46.8 Å². The number of carbonyl (C=O) groups excluding carboxylic acids is 3. The summed E-state index contributed by atoms with van der Waals surface area (Å²) in [6, 6.07) is 12.4. The molecule has 0 aliphatic carbocycles. The summed E-state index contributed by atoms with van der Waals surface area (Å²) in [6.07, 6.45) is 1.16. The second-order valence-corrected chi connectivity index (χ2v) is 9.13. The molecule has 0 atom stereocenters. The number of anilines is 1. The number of amides is 3. The normalized spacial score (nSPS) is 14.3. The number of nitrogens with zero attached hydrogens (tertiary/aromatic N) is 2. The van der Waals surface area contributed by atoms with E-state index < -0.39 is 0 Å². The molecule has 0 radical (unpaired) electrons. The third kappa shape index (κ3) is 6.08. The number of nitrogens with one attached hydrogen (secondary N) is 1. The second kappa shape index (κ2) is 10.3. The smallest absolute Gasteiger partial charge is 0.253 e. The third-order valence-corrected chi connectivity index (χ3v) is 6.19. The number of aryl methyl sites for hydroxylation is 1. The number of halogens is 2. The van der Waals surface area contributed by atoms with Gasteiger partial charge in [-0.05, 0) is 67.8 Å². The van der Waals surface area contributed by atoms with Crippen LogP contribution in [-0.4, -0.2) is 54.2 Å². The number of benzene rings is 2. The summed E-state index contributed by atoms with van der Waals surface area (Å²) in [5.74, 6) is -0.556. The first-order valence-corrected chi connectivity index (χ1v) is 11.3. The van der Waals surface area contributed by atoms with Gasteiger partial charge in [-0.1, -0.05) is 27.5 Å². The highest BCUT2D eigenvalue weighted by Crippen LogP contribution is 2.22. The van der Waals surface area contributed by atoms with Crippen molar-refractivity contribution in [2.45, 2.75) is 19.8 Å². The molecular weight excluding hydrogens is 482 g/mol. The predicted molar refractivity (Wildman–Crippen MR) is 125 cm³/mol. The Morgan fingerprint density at radius 1 is 1.13 bits per heavy atom. The number of rotatable bonds is 5. The number of piperidine rings is 1. The molecule has 3 amide bonds. The van der Waals surface area contributed by atoms with Gasteiger partial charge < -0.3 is 15.1 Å². The topological polar surface area (TPSA) is 69.7 Å². The monoisotopic (exact) mass is 505 g/mol. The van der Waals surface area contributed by atoms with Crippen molar-refractivity contribution in [1.29, 1.82) is 0 Å². The number of likely N-dealkylation sites (N-methyl/N-ethyl adjacent to an activating group) is 1. The quantitative estimate of drug-likeness (QED) is 0.655. The zero-order valence-electron chi connectivity index (χ0n) is 17.5. The molecule has 0 spiro atoms. The molecule has 1 saturated heterocycles. The minimum atomic E-state index is -0.239. The average molecular weight is 507 g/mol. The number of hydrogen-bond acceptors (Lipinski definition) is 3. The van der Waals surface area contributed by atoms with Crippen molar-refractivity contribution in [3.8, 4) is 0 Å². The van der Waals surface area contributed by atoms with Crippen molar-refractivity contribution in [2.75, 3.05) is 32.0 Å². The van der Waals surface area contributed by atoms with Gasteiger partial charge in [0.25, 0.3) is 5.91 Å². The minimum Gasteiger partial charge on any atom is -0.339 e. The Morgan fingerprint density at radius 2 is 1.77 bits per heavy atom. The average Bonchev–Trinajstić information content (AvgIpc) is 2.75. The lowest BCUT2D eigenvalue weighted by Gasteiger charge is -2.33. The van der Waals surface area contributed by atoms with Crippen LogP contribution < -0.4 is 5.32 Å². The van der Waals surface area contributed by atoms with Crippen molar-refractivity contribution >= 4 is 50.9 Å². The zero-order valence-corrected chi connectivity index (χ0v) is 19.9. The first-order chi connectivity index (χ1) is 14.7. The minimum absolute atomic E-state index is 0.0156. The van der Waals surface area contributed by atoms with Crippen LogP contribution in [0.25, 0.3) is 0 Å². The molecule has 1 aliphatic heterocycles. The van der Waals surface area contributed by atoms with Crippen LogP contribution in [0.4, 0.5) is 5.69 Å². The van der Waals surface area contributed by atoms with E-state index in [9.17, 15) is 14.4 Å². The largest absolute Gasteiger partial charge is 0.339 e. The fraction of sp³-hybridized carbons (Fsp3) is 0.348. The summed E-state index contributed by atoms with van der Waals surface area (Å²) in [7, 11) is 1.64. The van der Waals surface area contributed by atoms with Crippen molar-refractivity contribution in [1.82, 2.24) is 9.80 Å². The first kappa shape index (κ1) is 23.3. The molecule has 0 unspecified atom stereocenters. The highest BCUT2D eigenvalue weighted by molar-refractivity contribution is 9.10. The van der Waals surface area contributed by atoms with Gasteiger partial charge in [0.2, 0.25) is 11.8 Å². The van der Waals surface area contributed by atoms with Crippen LogP contribution in [0.2, 0.25) is 5.02 Å². The number of carbonyl (C=O) groups is 3. The molecular formula is C23H25BrClN3O3. The van der Waals surface area contributed by atoms with Crippen LogP contribution in [0.3, 0.4) is 0 Å². The number of likely N-dealkylation sites (tertiary alicyclic amines) is 1. The van der Waals surface area contributed by atoms with E-state index >= 15 is 0 Å². The van der Waals surface area contributed by atoms with Gasteiger partial charge in [-0.15, -0.1) is 0 Å². The van der Waals surface area contributed by atoms with Crippen LogP contribution in [0, 0.1) is 12.8 Å². The predicted octanol–water partition coefficient (Wildman–Crippen LogP) is 4.36. The van der Waals surface area contributed by atoms with E-state index in [2.05, 4.69) is 21.2 Å². The molecule has 3 rings (SSSR count).